The van der Waals surface area contributed by atoms with Crippen LogP contribution in [0.3, 0.4) is 0 Å². The van der Waals surface area contributed by atoms with E-state index in [2.05, 4.69) is 55.4 Å². The van der Waals surface area contributed by atoms with Crippen LogP contribution in [0.1, 0.15) is 280 Å². The lowest BCUT2D eigenvalue weighted by Gasteiger charge is -2.46. The van der Waals surface area contributed by atoms with Crippen LogP contribution < -0.4 is 0 Å². The molecule has 0 spiro atoms. The second-order valence-corrected chi connectivity index (χ2v) is 30.7. The minimum atomic E-state index is -1.41. The van der Waals surface area contributed by atoms with Crippen molar-refractivity contribution < 1.29 is 57.1 Å². The Balaban J connectivity index is 2.39. The zero-order valence-corrected chi connectivity index (χ0v) is 56.1. The van der Waals surface area contributed by atoms with E-state index in [1.54, 1.807) is 83.1 Å². The second kappa shape index (κ2) is 37.3. The van der Waals surface area contributed by atoms with Gasteiger partial charge >= 0.3 is 23.9 Å². The van der Waals surface area contributed by atoms with Gasteiger partial charge in [0.25, 0.3) is 0 Å². The van der Waals surface area contributed by atoms with Gasteiger partial charge in [-0.25, -0.2) is 0 Å². The Morgan fingerprint density at radius 2 is 0.679 bits per heavy atom. The molecule has 0 unspecified atom stereocenters. The van der Waals surface area contributed by atoms with Gasteiger partial charge in [0.1, 0.15) is 18.8 Å². The van der Waals surface area contributed by atoms with Gasteiger partial charge in [0.05, 0.1) is 34.9 Å². The van der Waals surface area contributed by atoms with Crippen molar-refractivity contribution in [1.29, 1.82) is 0 Å². The Kier molecular flexibility index (Phi) is 34.5. The van der Waals surface area contributed by atoms with E-state index in [4.69, 9.17) is 37.9 Å². The molecule has 81 heavy (non-hydrogen) atoms. The highest BCUT2D eigenvalue weighted by molar-refractivity contribution is 5.78. The van der Waals surface area contributed by atoms with Crippen molar-refractivity contribution in [2.75, 3.05) is 33.0 Å². The van der Waals surface area contributed by atoms with Crippen LogP contribution >= 0.6 is 0 Å². The van der Waals surface area contributed by atoms with Gasteiger partial charge < -0.3 is 37.9 Å². The maximum Gasteiger partial charge on any atom is 0.311 e. The number of carbonyl (C=O) groups excluding carboxylic acids is 4. The third-order valence-corrected chi connectivity index (χ3v) is 17.1. The van der Waals surface area contributed by atoms with Crippen molar-refractivity contribution in [1.82, 2.24) is 0 Å². The Morgan fingerprint density at radius 3 is 1.04 bits per heavy atom. The fourth-order valence-corrected chi connectivity index (χ4v) is 10.7. The van der Waals surface area contributed by atoms with Gasteiger partial charge in [0.2, 0.25) is 0 Å². The van der Waals surface area contributed by atoms with E-state index in [-0.39, 0.29) is 19.8 Å². The van der Waals surface area contributed by atoms with Gasteiger partial charge in [-0.15, -0.1) is 0 Å². The summed E-state index contributed by atoms with van der Waals surface area (Å²) >= 11 is 0. The lowest BCUT2D eigenvalue weighted by atomic mass is 9.88. The maximum absolute atomic E-state index is 13.9. The molecule has 2 fully saturated rings. The smallest absolute Gasteiger partial charge is 0.311 e. The van der Waals surface area contributed by atoms with Crippen molar-refractivity contribution in [3.63, 3.8) is 0 Å². The molecule has 0 aliphatic carbocycles. The molecule has 12 nitrogen and oxygen atoms in total. The summed E-state index contributed by atoms with van der Waals surface area (Å²) in [5.74, 6) is 3.33. The number of hydrogen-bond donors (Lipinski definition) is 0. The molecule has 14 atom stereocenters. The topological polar surface area (TPSA) is 142 Å². The van der Waals surface area contributed by atoms with Crippen LogP contribution in [0.2, 0.25) is 0 Å². The maximum atomic E-state index is 13.9. The molecule has 0 radical (unpaired) electrons. The summed E-state index contributed by atoms with van der Waals surface area (Å²) in [6.07, 6.45) is 20.6. The molecule has 12 heteroatoms. The van der Waals surface area contributed by atoms with Crippen molar-refractivity contribution in [2.45, 2.75) is 317 Å². The highest BCUT2D eigenvalue weighted by Crippen LogP contribution is 2.36. The fourth-order valence-electron chi connectivity index (χ4n) is 10.7. The number of esters is 4. The minimum absolute atomic E-state index is 0.0236. The van der Waals surface area contributed by atoms with Gasteiger partial charge in [-0.2, -0.15) is 0 Å². The molecule has 2 heterocycles. The largest absolute Gasteiger partial charge is 0.462 e. The first kappa shape index (κ1) is 74.8. The van der Waals surface area contributed by atoms with Gasteiger partial charge in [0.15, 0.2) is 24.6 Å². The van der Waals surface area contributed by atoms with Crippen LogP contribution in [0, 0.1) is 69.0 Å². The fraction of sp³-hybridized carbons (Fsp3) is 0.942. The van der Waals surface area contributed by atoms with Crippen molar-refractivity contribution >= 4 is 23.9 Å². The van der Waals surface area contributed by atoms with E-state index >= 15 is 0 Å². The van der Waals surface area contributed by atoms with E-state index in [1.165, 1.54) is 116 Å². The molecular weight excluding hydrogens is 1020 g/mol. The number of ether oxygens (including phenoxy) is 8. The molecule has 0 aromatic rings. The summed E-state index contributed by atoms with van der Waals surface area (Å²) in [5, 5.41) is 0. The molecule has 0 aromatic heterocycles. The van der Waals surface area contributed by atoms with Gasteiger partial charge in [0, 0.05) is 13.2 Å². The van der Waals surface area contributed by atoms with Crippen molar-refractivity contribution in [3.8, 4) is 0 Å². The zero-order valence-electron chi connectivity index (χ0n) is 56.1. The SMILES string of the molecule is C[C@@H]1CCC[C@H](C)CCC[C@H](C)CC[C@@H](C)CCC[C@@H](C)CCC[C@@H](C)CCC[C@@H](C)CCO[C@H](CO[C@@H]2O[C@H](COC(=O)C(C)(C)C)[C@@H](OC(=O)C(C)(C)C)[C@H](OC(=O)C(C)(C)C)[C@H]2OC(=O)C(C)(C)C)COCC[C@H](C)CCC1. The highest BCUT2D eigenvalue weighted by atomic mass is 16.7. The Labute approximate surface area is 497 Å². The molecule has 2 rings (SSSR count). The molecular formula is C69H128O12. The Morgan fingerprint density at radius 1 is 0.370 bits per heavy atom. The normalized spacial score (nSPS) is 31.9. The molecule has 2 saturated heterocycles. The van der Waals surface area contributed by atoms with Crippen molar-refractivity contribution in [2.24, 2.45) is 69.0 Å². The number of hydrogen-bond acceptors (Lipinski definition) is 12. The monoisotopic (exact) mass is 1150 g/mol. The van der Waals surface area contributed by atoms with E-state index in [1.807, 2.05) is 0 Å². The summed E-state index contributed by atoms with van der Waals surface area (Å²) in [5.41, 5.74) is -3.83. The van der Waals surface area contributed by atoms with E-state index < -0.39 is 82.3 Å². The first-order valence-corrected chi connectivity index (χ1v) is 32.9. The number of carbonyl (C=O) groups is 4. The standard InChI is InChI=1S/C69H128O12/c1-48-27-21-29-50(3)33-25-37-54(7)41-43-74-45-56(75-44-42-55(8)38-26-34-51(4)30-22-28-49(2)32-24-36-53(6)40-39-52(5)35-23-31-48)46-76-61-60(81-65(73)69(18,19)20)59(80-64(72)68(15,16)17)58(79-63(71)67(12,13)14)57(78-61)47-77-62(70)66(9,10)11/h48-61H,21-47H2,1-20H3/t48-,49-,50+,51+,52-,53-,54+,55+,56-,57+,58+,59-,60+,61+/m0/s1. The van der Waals surface area contributed by atoms with Crippen LogP contribution in [-0.2, 0) is 57.1 Å². The summed E-state index contributed by atoms with van der Waals surface area (Å²) in [6, 6.07) is 0. The van der Waals surface area contributed by atoms with E-state index in [9.17, 15) is 19.2 Å². The van der Waals surface area contributed by atoms with Gasteiger partial charge in [-0.3, -0.25) is 19.2 Å². The first-order valence-electron chi connectivity index (χ1n) is 32.9. The summed E-state index contributed by atoms with van der Waals surface area (Å²) in [4.78, 5) is 54.9. The summed E-state index contributed by atoms with van der Waals surface area (Å²) in [6.45, 7) is 40.9. The third-order valence-electron chi connectivity index (χ3n) is 17.1. The second-order valence-electron chi connectivity index (χ2n) is 30.7. The van der Waals surface area contributed by atoms with Crippen LogP contribution in [0.15, 0.2) is 0 Å². The summed E-state index contributed by atoms with van der Waals surface area (Å²) < 4.78 is 50.9. The molecule has 0 N–H and O–H groups in total. The van der Waals surface area contributed by atoms with E-state index in [0.29, 0.717) is 31.0 Å². The van der Waals surface area contributed by atoms with Crippen molar-refractivity contribution in [3.05, 3.63) is 0 Å². The molecule has 0 amide bonds. The zero-order chi connectivity index (χ0) is 61.1. The lowest BCUT2D eigenvalue weighted by molar-refractivity contribution is -0.316. The predicted octanol–water partition coefficient (Wildman–Crippen LogP) is 17.3. The Hall–Kier alpha value is -2.28. The lowest BCUT2D eigenvalue weighted by Crippen LogP contribution is -2.64. The molecule has 2 aliphatic rings. The van der Waals surface area contributed by atoms with Gasteiger partial charge in [-0.05, 0) is 143 Å². The van der Waals surface area contributed by atoms with Crippen LogP contribution in [0.5, 0.6) is 0 Å². The van der Waals surface area contributed by atoms with E-state index in [0.717, 1.165) is 55.3 Å². The van der Waals surface area contributed by atoms with Crippen LogP contribution in [-0.4, -0.2) is 93.7 Å². The molecule has 476 valence electrons. The first-order chi connectivity index (χ1) is 37.7. The third kappa shape index (κ3) is 32.2. The molecule has 0 bridgehead atoms. The minimum Gasteiger partial charge on any atom is -0.462 e. The average molecular weight is 1150 g/mol. The summed E-state index contributed by atoms with van der Waals surface area (Å²) in [7, 11) is 0. The Bertz CT molecular complexity index is 1740. The van der Waals surface area contributed by atoms with Gasteiger partial charge in [-0.1, -0.05) is 184 Å². The van der Waals surface area contributed by atoms with Crippen LogP contribution in [0.25, 0.3) is 0 Å². The molecule has 0 aromatic carbocycles. The quantitative estimate of drug-likeness (QED) is 0.169. The average Bonchev–Trinajstić information content (AvgIpc) is 3.35. The number of rotatable bonds is 8. The molecule has 2 aliphatic heterocycles. The highest BCUT2D eigenvalue weighted by Gasteiger charge is 2.55. The van der Waals surface area contributed by atoms with Crippen LogP contribution in [0.4, 0.5) is 0 Å². The predicted molar refractivity (Wildman–Crippen MR) is 328 cm³/mol. The molecule has 0 saturated carbocycles.